The largest absolute Gasteiger partial charge is 0.381 e. The van der Waals surface area contributed by atoms with E-state index >= 15 is 0 Å². The number of nitrogens with zero attached hydrogens (tertiary/aromatic N) is 2. The van der Waals surface area contributed by atoms with Crippen molar-refractivity contribution in [3.63, 3.8) is 0 Å². The molecule has 1 aromatic rings. The summed E-state index contributed by atoms with van der Waals surface area (Å²) in [6, 6.07) is 4.64. The van der Waals surface area contributed by atoms with Crippen molar-refractivity contribution in [2.45, 2.75) is 31.8 Å². The van der Waals surface area contributed by atoms with Crippen LogP contribution in [0.4, 0.5) is 5.82 Å². The van der Waals surface area contributed by atoms with E-state index in [1.54, 1.807) is 0 Å². The van der Waals surface area contributed by atoms with Crippen LogP contribution in [0.1, 0.15) is 31.4 Å². The van der Waals surface area contributed by atoms with E-state index < -0.39 is 0 Å². The van der Waals surface area contributed by atoms with Crippen LogP contribution in [-0.4, -0.2) is 31.3 Å². The van der Waals surface area contributed by atoms with Gasteiger partial charge in [0.25, 0.3) is 0 Å². The number of ether oxygens (including phenoxy) is 1. The highest BCUT2D eigenvalue weighted by Gasteiger charge is 2.19. The number of rotatable bonds is 3. The molecule has 0 aliphatic carbocycles. The van der Waals surface area contributed by atoms with Gasteiger partial charge in [0, 0.05) is 38.5 Å². The van der Waals surface area contributed by atoms with Crippen LogP contribution in [0.25, 0.3) is 0 Å². The molecule has 17 heavy (non-hydrogen) atoms. The number of pyridine rings is 1. The monoisotopic (exact) mass is 235 g/mol. The van der Waals surface area contributed by atoms with E-state index in [1.165, 1.54) is 0 Å². The smallest absolute Gasteiger partial charge is 0.128 e. The summed E-state index contributed by atoms with van der Waals surface area (Å²) in [7, 11) is 2.10. The zero-order valence-corrected chi connectivity index (χ0v) is 10.6. The molecule has 4 heteroatoms. The molecule has 1 fully saturated rings. The number of hydrogen-bond acceptors (Lipinski definition) is 4. The molecule has 2 heterocycles. The minimum atomic E-state index is 0.0554. The molecule has 2 rings (SSSR count). The molecule has 94 valence electrons. The Balaban J connectivity index is 2.12. The van der Waals surface area contributed by atoms with Crippen LogP contribution in [0, 0.1) is 0 Å². The van der Waals surface area contributed by atoms with Crippen molar-refractivity contribution >= 4 is 5.82 Å². The second-order valence-corrected chi connectivity index (χ2v) is 4.69. The lowest BCUT2D eigenvalue weighted by Gasteiger charge is -2.32. The van der Waals surface area contributed by atoms with Gasteiger partial charge in [-0.2, -0.15) is 0 Å². The SMILES string of the molecule is C[C@H](N)c1ccnc(N(C)C2CCOCC2)c1. The van der Waals surface area contributed by atoms with E-state index in [4.69, 9.17) is 10.5 Å². The first-order valence-corrected chi connectivity index (χ1v) is 6.20. The molecule has 0 amide bonds. The van der Waals surface area contributed by atoms with Gasteiger partial charge in [0.05, 0.1) is 0 Å². The minimum Gasteiger partial charge on any atom is -0.381 e. The molecule has 1 aromatic heterocycles. The first-order chi connectivity index (χ1) is 8.18. The van der Waals surface area contributed by atoms with Gasteiger partial charge in [0.15, 0.2) is 0 Å². The lowest BCUT2D eigenvalue weighted by molar-refractivity contribution is 0.0853. The second kappa shape index (κ2) is 5.47. The van der Waals surface area contributed by atoms with Gasteiger partial charge in [-0.1, -0.05) is 0 Å². The van der Waals surface area contributed by atoms with Crippen LogP contribution in [0.5, 0.6) is 0 Å². The van der Waals surface area contributed by atoms with E-state index in [2.05, 4.69) is 23.0 Å². The van der Waals surface area contributed by atoms with Gasteiger partial charge in [0.1, 0.15) is 5.82 Å². The highest BCUT2D eigenvalue weighted by Crippen LogP contribution is 2.21. The van der Waals surface area contributed by atoms with Crippen LogP contribution in [0.2, 0.25) is 0 Å². The molecular formula is C13H21N3O. The maximum absolute atomic E-state index is 5.89. The molecule has 0 saturated carbocycles. The second-order valence-electron chi connectivity index (χ2n) is 4.69. The number of anilines is 1. The van der Waals surface area contributed by atoms with Crippen LogP contribution in [0.15, 0.2) is 18.3 Å². The zero-order chi connectivity index (χ0) is 12.3. The summed E-state index contributed by atoms with van der Waals surface area (Å²) in [6.45, 7) is 3.69. The molecule has 0 radical (unpaired) electrons. The average Bonchev–Trinajstić information content (AvgIpc) is 2.39. The van der Waals surface area contributed by atoms with Crippen molar-refractivity contribution in [1.82, 2.24) is 4.98 Å². The van der Waals surface area contributed by atoms with Crippen molar-refractivity contribution < 1.29 is 4.74 Å². The Morgan fingerprint density at radius 3 is 2.82 bits per heavy atom. The maximum Gasteiger partial charge on any atom is 0.128 e. The van der Waals surface area contributed by atoms with Gasteiger partial charge in [-0.3, -0.25) is 0 Å². The fourth-order valence-corrected chi connectivity index (χ4v) is 2.17. The third-order valence-electron chi connectivity index (χ3n) is 3.40. The maximum atomic E-state index is 5.89. The van der Waals surface area contributed by atoms with Gasteiger partial charge in [-0.15, -0.1) is 0 Å². The molecule has 0 aromatic carbocycles. The molecule has 1 saturated heterocycles. The molecule has 0 bridgehead atoms. The number of nitrogens with two attached hydrogens (primary N) is 1. The van der Waals surface area contributed by atoms with Crippen LogP contribution < -0.4 is 10.6 Å². The predicted molar refractivity (Wildman–Crippen MR) is 69.1 cm³/mol. The van der Waals surface area contributed by atoms with E-state index in [9.17, 15) is 0 Å². The molecule has 0 spiro atoms. The van der Waals surface area contributed by atoms with Gasteiger partial charge in [-0.25, -0.2) is 4.98 Å². The average molecular weight is 235 g/mol. The molecule has 1 aliphatic heterocycles. The molecule has 4 nitrogen and oxygen atoms in total. The Kier molecular flexibility index (Phi) is 3.97. The predicted octanol–water partition coefficient (Wildman–Crippen LogP) is 1.72. The van der Waals surface area contributed by atoms with E-state index in [0.29, 0.717) is 6.04 Å². The Morgan fingerprint density at radius 2 is 2.18 bits per heavy atom. The van der Waals surface area contributed by atoms with Crippen molar-refractivity contribution in [1.29, 1.82) is 0 Å². The summed E-state index contributed by atoms with van der Waals surface area (Å²) in [5, 5.41) is 0. The zero-order valence-electron chi connectivity index (χ0n) is 10.6. The van der Waals surface area contributed by atoms with Gasteiger partial charge in [0.2, 0.25) is 0 Å². The first-order valence-electron chi connectivity index (χ1n) is 6.20. The molecule has 0 unspecified atom stereocenters. The Morgan fingerprint density at radius 1 is 1.47 bits per heavy atom. The van der Waals surface area contributed by atoms with Crippen molar-refractivity contribution in [2.24, 2.45) is 5.73 Å². The Bertz CT molecular complexity index is 361. The number of hydrogen-bond donors (Lipinski definition) is 1. The lowest BCUT2D eigenvalue weighted by atomic mass is 10.1. The lowest BCUT2D eigenvalue weighted by Crippen LogP contribution is -2.37. The van der Waals surface area contributed by atoms with E-state index in [-0.39, 0.29) is 6.04 Å². The van der Waals surface area contributed by atoms with Crippen LogP contribution >= 0.6 is 0 Å². The highest BCUT2D eigenvalue weighted by molar-refractivity contribution is 5.42. The summed E-state index contributed by atoms with van der Waals surface area (Å²) in [6.07, 6.45) is 3.98. The Labute approximate surface area is 103 Å². The molecule has 1 aliphatic rings. The first kappa shape index (κ1) is 12.3. The number of aromatic nitrogens is 1. The molecule has 2 N–H and O–H groups in total. The topological polar surface area (TPSA) is 51.4 Å². The third kappa shape index (κ3) is 2.96. The van der Waals surface area contributed by atoms with Crippen LogP contribution in [-0.2, 0) is 4.74 Å². The van der Waals surface area contributed by atoms with Crippen LogP contribution in [0.3, 0.4) is 0 Å². The molecule has 1 atom stereocenters. The summed E-state index contributed by atoms with van der Waals surface area (Å²) in [4.78, 5) is 6.67. The highest BCUT2D eigenvalue weighted by atomic mass is 16.5. The summed E-state index contributed by atoms with van der Waals surface area (Å²) in [5.74, 6) is 1.01. The fraction of sp³-hybridized carbons (Fsp3) is 0.615. The van der Waals surface area contributed by atoms with E-state index in [1.807, 2.05) is 19.2 Å². The quantitative estimate of drug-likeness (QED) is 0.866. The Hall–Kier alpha value is -1.13. The van der Waals surface area contributed by atoms with Crippen molar-refractivity contribution in [2.75, 3.05) is 25.2 Å². The summed E-state index contributed by atoms with van der Waals surface area (Å²) >= 11 is 0. The van der Waals surface area contributed by atoms with Gasteiger partial charge >= 0.3 is 0 Å². The van der Waals surface area contributed by atoms with Crippen molar-refractivity contribution in [3.8, 4) is 0 Å². The van der Waals surface area contributed by atoms with Gasteiger partial charge < -0.3 is 15.4 Å². The normalized spacial score (nSPS) is 19.0. The van der Waals surface area contributed by atoms with E-state index in [0.717, 1.165) is 37.4 Å². The fourth-order valence-electron chi connectivity index (χ4n) is 2.17. The third-order valence-corrected chi connectivity index (χ3v) is 3.40. The standard InChI is InChI=1S/C13H21N3O/c1-10(14)11-3-6-15-13(9-11)16(2)12-4-7-17-8-5-12/h3,6,9-10,12H,4-5,7-8,14H2,1-2H3/t10-/m0/s1. The summed E-state index contributed by atoms with van der Waals surface area (Å²) in [5.41, 5.74) is 7.03. The van der Waals surface area contributed by atoms with Crippen molar-refractivity contribution in [3.05, 3.63) is 23.9 Å². The molecular weight excluding hydrogens is 214 g/mol. The minimum absolute atomic E-state index is 0.0554. The van der Waals surface area contributed by atoms with Gasteiger partial charge in [-0.05, 0) is 37.5 Å². The summed E-state index contributed by atoms with van der Waals surface area (Å²) < 4.78 is 5.38.